The summed E-state index contributed by atoms with van der Waals surface area (Å²) in [5.74, 6) is -0.699. The number of aryl methyl sites for hydroxylation is 1. The van der Waals surface area contributed by atoms with Crippen LogP contribution < -0.4 is 10.3 Å². The topological polar surface area (TPSA) is 79.0 Å². The van der Waals surface area contributed by atoms with Gasteiger partial charge in [-0.15, -0.1) is 0 Å². The first-order valence-corrected chi connectivity index (χ1v) is 7.33. The highest BCUT2D eigenvalue weighted by Crippen LogP contribution is 2.20. The van der Waals surface area contributed by atoms with Gasteiger partial charge in [-0.25, -0.2) is 12.8 Å². The number of rotatable bonds is 3. The fourth-order valence-corrected chi connectivity index (χ4v) is 2.80. The van der Waals surface area contributed by atoms with Gasteiger partial charge in [0.15, 0.2) is 0 Å². The van der Waals surface area contributed by atoms with Gasteiger partial charge in [0.2, 0.25) is 0 Å². The number of H-pyrrole nitrogens is 1. The monoisotopic (exact) mass is 316 g/mol. The van der Waals surface area contributed by atoms with Crippen molar-refractivity contribution in [2.24, 2.45) is 0 Å². The van der Waals surface area contributed by atoms with E-state index in [1.807, 2.05) is 0 Å². The zero-order chi connectivity index (χ0) is 14.9. The highest BCUT2D eigenvalue weighted by molar-refractivity contribution is 7.92. The van der Waals surface area contributed by atoms with Crippen molar-refractivity contribution in [3.63, 3.8) is 0 Å². The molecule has 5 nitrogen and oxygen atoms in total. The molecule has 0 aliphatic rings. The van der Waals surface area contributed by atoms with Crippen LogP contribution in [0.3, 0.4) is 0 Å². The van der Waals surface area contributed by atoms with Crippen LogP contribution in [0.25, 0.3) is 0 Å². The quantitative estimate of drug-likeness (QED) is 0.911. The number of nitrogens with one attached hydrogen (secondary N) is 2. The molecule has 1 aromatic carbocycles. The van der Waals surface area contributed by atoms with E-state index in [2.05, 4.69) is 9.71 Å². The maximum atomic E-state index is 13.5. The molecule has 0 aliphatic heterocycles. The van der Waals surface area contributed by atoms with Gasteiger partial charge < -0.3 is 4.98 Å². The van der Waals surface area contributed by atoms with Crippen molar-refractivity contribution in [3.05, 3.63) is 57.2 Å². The minimum atomic E-state index is -4.04. The molecule has 0 aliphatic carbocycles. The Morgan fingerprint density at radius 2 is 2.00 bits per heavy atom. The Labute approximate surface area is 119 Å². The van der Waals surface area contributed by atoms with Gasteiger partial charge in [-0.1, -0.05) is 17.7 Å². The van der Waals surface area contributed by atoms with E-state index in [1.54, 1.807) is 6.92 Å². The number of aromatic nitrogens is 1. The molecule has 8 heteroatoms. The largest absolute Gasteiger partial charge is 0.326 e. The zero-order valence-electron chi connectivity index (χ0n) is 10.3. The van der Waals surface area contributed by atoms with Gasteiger partial charge in [0, 0.05) is 6.20 Å². The molecule has 106 valence electrons. The Kier molecular flexibility index (Phi) is 3.82. The SMILES string of the molecule is Cc1ccc(F)c(NS(=O)(=O)c2c[nH]c(=O)c(Cl)c2)c1. The Bertz CT molecular complexity index is 818. The van der Waals surface area contributed by atoms with Gasteiger partial charge in [0.05, 0.1) is 5.69 Å². The molecule has 0 atom stereocenters. The first-order valence-electron chi connectivity index (χ1n) is 5.47. The third-order valence-electron chi connectivity index (χ3n) is 2.51. The summed E-state index contributed by atoms with van der Waals surface area (Å²) in [6.45, 7) is 1.70. The standard InChI is InChI=1S/C12H10ClFN2O3S/c1-7-2-3-10(14)11(4-7)16-20(18,19)8-5-9(13)12(17)15-6-8/h2-6,16H,1H3,(H,15,17). The molecular formula is C12H10ClFN2O3S. The molecule has 2 N–H and O–H groups in total. The molecule has 0 saturated heterocycles. The molecule has 20 heavy (non-hydrogen) atoms. The number of aromatic amines is 1. The summed E-state index contributed by atoms with van der Waals surface area (Å²) < 4.78 is 39.8. The second kappa shape index (κ2) is 5.26. The van der Waals surface area contributed by atoms with Crippen LogP contribution >= 0.6 is 11.6 Å². The van der Waals surface area contributed by atoms with E-state index >= 15 is 0 Å². The predicted octanol–water partition coefficient (Wildman–Crippen LogP) is 2.28. The van der Waals surface area contributed by atoms with Gasteiger partial charge in [0.1, 0.15) is 15.7 Å². The van der Waals surface area contributed by atoms with Crippen molar-refractivity contribution in [3.8, 4) is 0 Å². The van der Waals surface area contributed by atoms with E-state index in [1.165, 1.54) is 12.1 Å². The number of anilines is 1. The van der Waals surface area contributed by atoms with Crippen LogP contribution in [0.2, 0.25) is 5.02 Å². The average Bonchev–Trinajstić information content (AvgIpc) is 2.36. The van der Waals surface area contributed by atoms with Crippen molar-refractivity contribution in [2.45, 2.75) is 11.8 Å². The second-order valence-corrected chi connectivity index (χ2v) is 6.19. The van der Waals surface area contributed by atoms with Crippen LogP contribution in [-0.2, 0) is 10.0 Å². The summed E-state index contributed by atoms with van der Waals surface area (Å²) >= 11 is 5.57. The van der Waals surface area contributed by atoms with Crippen LogP contribution in [-0.4, -0.2) is 13.4 Å². The van der Waals surface area contributed by atoms with Crippen molar-refractivity contribution in [2.75, 3.05) is 4.72 Å². The van der Waals surface area contributed by atoms with E-state index < -0.39 is 21.4 Å². The molecule has 0 saturated carbocycles. The lowest BCUT2D eigenvalue weighted by molar-refractivity contribution is 0.598. The summed E-state index contributed by atoms with van der Waals surface area (Å²) in [6, 6.07) is 5.04. The van der Waals surface area contributed by atoms with Crippen molar-refractivity contribution >= 4 is 27.3 Å². The predicted molar refractivity (Wildman–Crippen MR) is 74.0 cm³/mol. The summed E-state index contributed by atoms with van der Waals surface area (Å²) in [5, 5.41) is -0.266. The molecule has 0 spiro atoms. The van der Waals surface area contributed by atoms with Crippen molar-refractivity contribution < 1.29 is 12.8 Å². The second-order valence-electron chi connectivity index (χ2n) is 4.10. The minimum Gasteiger partial charge on any atom is -0.326 e. The van der Waals surface area contributed by atoms with Crippen molar-refractivity contribution in [1.29, 1.82) is 0 Å². The van der Waals surface area contributed by atoms with E-state index in [0.29, 0.717) is 5.56 Å². The Hall–Kier alpha value is -1.86. The molecule has 2 rings (SSSR count). The molecule has 0 unspecified atom stereocenters. The molecular weight excluding hydrogens is 307 g/mol. The Morgan fingerprint density at radius 1 is 1.30 bits per heavy atom. The van der Waals surface area contributed by atoms with E-state index in [4.69, 9.17) is 11.6 Å². The van der Waals surface area contributed by atoms with Gasteiger partial charge in [0.25, 0.3) is 15.6 Å². The van der Waals surface area contributed by atoms with Gasteiger partial charge >= 0.3 is 0 Å². The lowest BCUT2D eigenvalue weighted by Gasteiger charge is -2.09. The van der Waals surface area contributed by atoms with E-state index in [9.17, 15) is 17.6 Å². The lowest BCUT2D eigenvalue weighted by Crippen LogP contribution is -2.16. The number of pyridine rings is 1. The highest BCUT2D eigenvalue weighted by atomic mass is 35.5. The first-order chi connectivity index (χ1) is 9.29. The molecule has 1 aromatic heterocycles. The third kappa shape index (κ3) is 3.00. The Morgan fingerprint density at radius 3 is 2.65 bits per heavy atom. The smallest absolute Gasteiger partial charge is 0.266 e. The summed E-state index contributed by atoms with van der Waals surface area (Å²) in [4.78, 5) is 13.0. The number of benzene rings is 1. The average molecular weight is 317 g/mol. The number of halogens is 2. The number of sulfonamides is 1. The Balaban J connectivity index is 2.43. The maximum Gasteiger partial charge on any atom is 0.266 e. The fourth-order valence-electron chi connectivity index (χ4n) is 1.51. The minimum absolute atomic E-state index is 0.174. The summed E-state index contributed by atoms with van der Waals surface area (Å²) in [7, 11) is -4.04. The molecule has 1 heterocycles. The normalized spacial score (nSPS) is 11.3. The zero-order valence-corrected chi connectivity index (χ0v) is 11.8. The maximum absolute atomic E-state index is 13.5. The lowest BCUT2D eigenvalue weighted by atomic mass is 10.2. The van der Waals surface area contributed by atoms with Crippen molar-refractivity contribution in [1.82, 2.24) is 4.98 Å². The van der Waals surface area contributed by atoms with Crippen LogP contribution in [0.1, 0.15) is 5.56 Å². The van der Waals surface area contributed by atoms with E-state index in [0.717, 1.165) is 18.3 Å². The fraction of sp³-hybridized carbons (Fsp3) is 0.0833. The molecule has 0 radical (unpaired) electrons. The molecule has 2 aromatic rings. The highest BCUT2D eigenvalue weighted by Gasteiger charge is 2.17. The van der Waals surface area contributed by atoms with Crippen LogP contribution in [0, 0.1) is 12.7 Å². The van der Waals surface area contributed by atoms with Gasteiger partial charge in [-0.2, -0.15) is 0 Å². The number of hydrogen-bond acceptors (Lipinski definition) is 3. The van der Waals surface area contributed by atoms with Crippen LogP contribution in [0.4, 0.5) is 10.1 Å². The summed E-state index contributed by atoms with van der Waals surface area (Å²) in [6.07, 6.45) is 0.990. The van der Waals surface area contributed by atoms with Crippen LogP contribution in [0.5, 0.6) is 0 Å². The van der Waals surface area contributed by atoms with Crippen LogP contribution in [0.15, 0.2) is 40.2 Å². The van der Waals surface area contributed by atoms with Gasteiger partial charge in [-0.05, 0) is 30.7 Å². The molecule has 0 amide bonds. The first kappa shape index (κ1) is 14.5. The van der Waals surface area contributed by atoms with Gasteiger partial charge in [-0.3, -0.25) is 9.52 Å². The number of hydrogen-bond donors (Lipinski definition) is 2. The third-order valence-corrected chi connectivity index (χ3v) is 4.13. The molecule has 0 bridgehead atoms. The van der Waals surface area contributed by atoms with E-state index in [-0.39, 0.29) is 15.6 Å². The molecule has 0 fully saturated rings. The summed E-state index contributed by atoms with van der Waals surface area (Å²) in [5.41, 5.74) is -0.0803.